The molecule has 3 heterocycles. The summed E-state index contributed by atoms with van der Waals surface area (Å²) in [5, 5.41) is 8.24. The number of hydrogen-bond donors (Lipinski definition) is 1. The van der Waals surface area contributed by atoms with Crippen LogP contribution in [-0.4, -0.2) is 49.8 Å². The quantitative estimate of drug-likeness (QED) is 0.875. The van der Waals surface area contributed by atoms with Crippen LogP contribution in [0.3, 0.4) is 0 Å². The molecule has 5 nitrogen and oxygen atoms in total. The van der Waals surface area contributed by atoms with E-state index in [1.165, 1.54) is 12.2 Å². The molecule has 2 aliphatic heterocycles. The van der Waals surface area contributed by atoms with Gasteiger partial charge in [0.15, 0.2) is 0 Å². The third-order valence-electron chi connectivity index (χ3n) is 4.36. The second kappa shape index (κ2) is 4.75. The molecule has 0 aliphatic carbocycles. The largest absolute Gasteiger partial charge is 0.329 e. The van der Waals surface area contributed by atoms with E-state index in [0.29, 0.717) is 5.41 Å². The molecular formula is C13H23N5S. The Bertz CT molecular complexity index is 458. The predicted molar refractivity (Wildman–Crippen MR) is 77.9 cm³/mol. The first-order chi connectivity index (χ1) is 9.05. The van der Waals surface area contributed by atoms with Gasteiger partial charge < -0.3 is 10.3 Å². The number of rotatable bonds is 2. The second-order valence-electron chi connectivity index (χ2n) is 6.62. The fraction of sp³-hybridized carbons (Fsp3) is 0.846. The van der Waals surface area contributed by atoms with Crippen molar-refractivity contribution in [1.29, 1.82) is 0 Å². The Morgan fingerprint density at radius 2 is 2.21 bits per heavy atom. The summed E-state index contributed by atoms with van der Waals surface area (Å²) in [7, 11) is 0. The summed E-state index contributed by atoms with van der Waals surface area (Å²) in [5.41, 5.74) is 6.68. The van der Waals surface area contributed by atoms with Crippen molar-refractivity contribution in [2.45, 2.75) is 38.9 Å². The van der Waals surface area contributed by atoms with Crippen molar-refractivity contribution < 1.29 is 0 Å². The van der Waals surface area contributed by atoms with Crippen molar-refractivity contribution in [3.05, 3.63) is 12.2 Å². The van der Waals surface area contributed by atoms with Crippen LogP contribution in [0.5, 0.6) is 0 Å². The van der Waals surface area contributed by atoms with Crippen molar-refractivity contribution >= 4 is 11.8 Å². The van der Waals surface area contributed by atoms with Crippen LogP contribution in [0.2, 0.25) is 0 Å². The van der Waals surface area contributed by atoms with Crippen molar-refractivity contribution in [3.8, 4) is 0 Å². The van der Waals surface area contributed by atoms with E-state index in [4.69, 9.17) is 5.73 Å². The van der Waals surface area contributed by atoms with E-state index >= 15 is 0 Å². The average molecular weight is 281 g/mol. The minimum atomic E-state index is 0.129. The Balaban J connectivity index is 1.83. The first-order valence-corrected chi connectivity index (χ1v) is 8.10. The van der Waals surface area contributed by atoms with Gasteiger partial charge in [0.05, 0.1) is 6.54 Å². The van der Waals surface area contributed by atoms with Crippen molar-refractivity contribution in [1.82, 2.24) is 19.7 Å². The molecule has 1 aromatic rings. The van der Waals surface area contributed by atoms with Crippen LogP contribution in [0.1, 0.15) is 26.1 Å². The fourth-order valence-corrected chi connectivity index (χ4v) is 4.98. The molecule has 1 fully saturated rings. The van der Waals surface area contributed by atoms with E-state index < -0.39 is 0 Å². The third-order valence-corrected chi connectivity index (χ3v) is 6.09. The molecule has 1 unspecified atom stereocenters. The smallest absolute Gasteiger partial charge is 0.147 e. The van der Waals surface area contributed by atoms with Crippen LogP contribution < -0.4 is 5.73 Å². The number of thioether (sulfide) groups is 1. The Hall–Kier alpha value is -0.590. The topological polar surface area (TPSA) is 60.0 Å². The standard InChI is InChI=1S/C13H23N5S/c1-12(2)6-13(7-14,9-19-8-12)18-4-3-17-10-15-16-11(17)5-18/h10H,3-9,14H2,1-2H3. The molecule has 2 N–H and O–H groups in total. The summed E-state index contributed by atoms with van der Waals surface area (Å²) in [6.07, 6.45) is 3.01. The van der Waals surface area contributed by atoms with Gasteiger partial charge >= 0.3 is 0 Å². The van der Waals surface area contributed by atoms with Crippen LogP contribution in [0, 0.1) is 5.41 Å². The maximum absolute atomic E-state index is 6.19. The van der Waals surface area contributed by atoms with Crippen LogP contribution in [0.4, 0.5) is 0 Å². The fourth-order valence-electron chi connectivity index (χ4n) is 3.44. The summed E-state index contributed by atoms with van der Waals surface area (Å²) < 4.78 is 2.15. The van der Waals surface area contributed by atoms with Gasteiger partial charge in [0, 0.05) is 30.9 Å². The highest BCUT2D eigenvalue weighted by atomic mass is 32.2. The second-order valence-corrected chi connectivity index (χ2v) is 7.61. The average Bonchev–Trinajstić information content (AvgIpc) is 2.84. The molecule has 1 saturated heterocycles. The number of nitrogens with zero attached hydrogens (tertiary/aromatic N) is 4. The summed E-state index contributed by atoms with van der Waals surface area (Å²) in [6, 6.07) is 0. The maximum atomic E-state index is 6.19. The van der Waals surface area contributed by atoms with Gasteiger partial charge in [-0.25, -0.2) is 0 Å². The van der Waals surface area contributed by atoms with Crippen LogP contribution in [-0.2, 0) is 13.1 Å². The van der Waals surface area contributed by atoms with Crippen LogP contribution in [0.25, 0.3) is 0 Å². The first kappa shape index (κ1) is 13.4. The highest BCUT2D eigenvalue weighted by Gasteiger charge is 2.44. The number of aromatic nitrogens is 3. The molecule has 3 rings (SSSR count). The van der Waals surface area contributed by atoms with E-state index in [0.717, 1.165) is 37.8 Å². The molecule has 1 aromatic heterocycles. The zero-order valence-electron chi connectivity index (χ0n) is 11.8. The van der Waals surface area contributed by atoms with Gasteiger partial charge in [-0.15, -0.1) is 10.2 Å². The molecule has 0 saturated carbocycles. The summed E-state index contributed by atoms with van der Waals surface area (Å²) in [6.45, 7) is 8.37. The zero-order chi connectivity index (χ0) is 13.5. The SMILES string of the molecule is CC1(C)CSCC(CN)(N2CCn3cnnc3C2)C1. The van der Waals surface area contributed by atoms with Gasteiger partial charge in [0.2, 0.25) is 0 Å². The number of hydrogen-bond acceptors (Lipinski definition) is 5. The number of nitrogens with two attached hydrogens (primary N) is 1. The van der Waals surface area contributed by atoms with Gasteiger partial charge in [0.1, 0.15) is 12.2 Å². The Labute approximate surface area is 118 Å². The molecule has 0 spiro atoms. The summed E-state index contributed by atoms with van der Waals surface area (Å²) >= 11 is 2.05. The summed E-state index contributed by atoms with van der Waals surface area (Å²) in [4.78, 5) is 2.55. The molecule has 106 valence electrons. The molecule has 0 radical (unpaired) electrons. The van der Waals surface area contributed by atoms with Gasteiger partial charge in [-0.2, -0.15) is 11.8 Å². The van der Waals surface area contributed by atoms with Crippen molar-refractivity contribution in [3.63, 3.8) is 0 Å². The molecule has 1 atom stereocenters. The lowest BCUT2D eigenvalue weighted by molar-refractivity contribution is 0.0435. The molecule has 6 heteroatoms. The van der Waals surface area contributed by atoms with Gasteiger partial charge in [-0.1, -0.05) is 13.8 Å². The van der Waals surface area contributed by atoms with Crippen molar-refractivity contribution in [2.24, 2.45) is 11.1 Å². The lowest BCUT2D eigenvalue weighted by Crippen LogP contribution is -2.61. The maximum Gasteiger partial charge on any atom is 0.147 e. The molecule has 0 aromatic carbocycles. The van der Waals surface area contributed by atoms with E-state index in [2.05, 4.69) is 33.5 Å². The predicted octanol–water partition coefficient (Wildman–Crippen LogP) is 0.954. The monoisotopic (exact) mass is 281 g/mol. The third kappa shape index (κ3) is 2.41. The molecule has 0 bridgehead atoms. The Morgan fingerprint density at radius 1 is 1.37 bits per heavy atom. The minimum absolute atomic E-state index is 0.129. The van der Waals surface area contributed by atoms with E-state index in [-0.39, 0.29) is 5.54 Å². The normalized spacial score (nSPS) is 31.1. The van der Waals surface area contributed by atoms with E-state index in [9.17, 15) is 0 Å². The molecule has 19 heavy (non-hydrogen) atoms. The van der Waals surface area contributed by atoms with Gasteiger partial charge in [0.25, 0.3) is 0 Å². The van der Waals surface area contributed by atoms with Gasteiger partial charge in [-0.05, 0) is 17.6 Å². The van der Waals surface area contributed by atoms with Crippen molar-refractivity contribution in [2.75, 3.05) is 24.6 Å². The number of fused-ring (bicyclic) bond motifs is 1. The van der Waals surface area contributed by atoms with Gasteiger partial charge in [-0.3, -0.25) is 4.90 Å². The lowest BCUT2D eigenvalue weighted by atomic mass is 9.78. The molecular weight excluding hydrogens is 258 g/mol. The first-order valence-electron chi connectivity index (χ1n) is 6.94. The molecule has 0 amide bonds. The lowest BCUT2D eigenvalue weighted by Gasteiger charge is -2.51. The zero-order valence-corrected chi connectivity index (χ0v) is 12.6. The summed E-state index contributed by atoms with van der Waals surface area (Å²) in [5.74, 6) is 3.45. The van der Waals surface area contributed by atoms with E-state index in [1.54, 1.807) is 0 Å². The van der Waals surface area contributed by atoms with Crippen LogP contribution in [0.15, 0.2) is 6.33 Å². The highest BCUT2D eigenvalue weighted by Crippen LogP contribution is 2.42. The Kier molecular flexibility index (Phi) is 3.35. The highest BCUT2D eigenvalue weighted by molar-refractivity contribution is 7.99. The van der Waals surface area contributed by atoms with Crippen LogP contribution >= 0.6 is 11.8 Å². The Morgan fingerprint density at radius 3 is 2.95 bits per heavy atom. The van der Waals surface area contributed by atoms with E-state index in [1.807, 2.05) is 18.1 Å². The molecule has 2 aliphatic rings. The minimum Gasteiger partial charge on any atom is -0.329 e.